The molecular weight excluding hydrogens is 400 g/mol. The summed E-state index contributed by atoms with van der Waals surface area (Å²) in [5.74, 6) is -0.876. The maximum Gasteiger partial charge on any atom is 0.311 e. The standard InChI is InChI=1S/C24H42O7/c1-17(18(14-29-16-28-9)31-20(26)22(5,6)7)24(12-10-23(8,27)11-13-24)15-30-19(25)21(2,3)4/h10,12,17-18,27H,11,13-16H2,1-9H3/t17-,18+,23?,24-/m1/s1. The Morgan fingerprint density at radius 2 is 1.61 bits per heavy atom. The van der Waals surface area contributed by atoms with E-state index in [9.17, 15) is 14.7 Å². The van der Waals surface area contributed by atoms with Gasteiger partial charge in [0, 0.05) is 18.4 Å². The number of hydrogen-bond acceptors (Lipinski definition) is 7. The zero-order valence-electron chi connectivity index (χ0n) is 20.7. The van der Waals surface area contributed by atoms with Gasteiger partial charge in [0.15, 0.2) is 0 Å². The highest BCUT2D eigenvalue weighted by molar-refractivity contribution is 5.76. The second kappa shape index (κ2) is 10.5. The van der Waals surface area contributed by atoms with Gasteiger partial charge in [-0.1, -0.05) is 19.1 Å². The Morgan fingerprint density at radius 1 is 1.03 bits per heavy atom. The van der Waals surface area contributed by atoms with Gasteiger partial charge < -0.3 is 24.1 Å². The number of rotatable bonds is 9. The second-order valence-corrected chi connectivity index (χ2v) is 11.0. The van der Waals surface area contributed by atoms with Crippen LogP contribution in [-0.4, -0.2) is 55.9 Å². The molecule has 0 saturated carbocycles. The predicted octanol–water partition coefficient (Wildman–Crippen LogP) is 3.88. The summed E-state index contributed by atoms with van der Waals surface area (Å²) in [5, 5.41) is 10.4. The molecule has 31 heavy (non-hydrogen) atoms. The Hall–Kier alpha value is -1.44. The van der Waals surface area contributed by atoms with E-state index >= 15 is 0 Å². The van der Waals surface area contributed by atoms with Crippen LogP contribution in [0.25, 0.3) is 0 Å². The average Bonchev–Trinajstić information content (AvgIpc) is 2.64. The Labute approximate surface area is 187 Å². The van der Waals surface area contributed by atoms with Gasteiger partial charge in [0.1, 0.15) is 19.5 Å². The number of hydrogen-bond donors (Lipinski definition) is 1. The second-order valence-electron chi connectivity index (χ2n) is 11.0. The molecule has 180 valence electrons. The quantitative estimate of drug-likeness (QED) is 0.251. The van der Waals surface area contributed by atoms with Crippen molar-refractivity contribution in [3.63, 3.8) is 0 Å². The molecule has 1 N–H and O–H groups in total. The van der Waals surface area contributed by atoms with E-state index < -0.39 is 27.9 Å². The first-order chi connectivity index (χ1) is 14.0. The van der Waals surface area contributed by atoms with Gasteiger partial charge in [-0.2, -0.15) is 0 Å². The molecule has 1 unspecified atom stereocenters. The smallest absolute Gasteiger partial charge is 0.311 e. The Kier molecular flexibility index (Phi) is 9.30. The van der Waals surface area contributed by atoms with Crippen molar-refractivity contribution in [3.05, 3.63) is 12.2 Å². The maximum absolute atomic E-state index is 12.6. The fourth-order valence-corrected chi connectivity index (χ4v) is 3.26. The van der Waals surface area contributed by atoms with Gasteiger partial charge in [-0.05, 0) is 61.3 Å². The highest BCUT2D eigenvalue weighted by Crippen LogP contribution is 2.44. The molecule has 0 aromatic heterocycles. The van der Waals surface area contributed by atoms with Gasteiger partial charge in [0.25, 0.3) is 0 Å². The molecule has 0 aliphatic heterocycles. The Balaban J connectivity index is 3.21. The van der Waals surface area contributed by atoms with Gasteiger partial charge in [0.05, 0.1) is 23.0 Å². The third kappa shape index (κ3) is 8.20. The SMILES string of the molecule is COCOC[C@H](OC(=O)C(C)(C)C)[C@@H](C)[C@]1(COC(=O)C(C)(C)C)C=CC(C)(O)CC1. The van der Waals surface area contributed by atoms with Gasteiger partial charge >= 0.3 is 11.9 Å². The molecule has 7 heteroatoms. The summed E-state index contributed by atoms with van der Waals surface area (Å²) >= 11 is 0. The molecular formula is C24H42O7. The summed E-state index contributed by atoms with van der Waals surface area (Å²) in [5.41, 5.74) is -2.84. The van der Waals surface area contributed by atoms with Crippen LogP contribution in [0, 0.1) is 22.2 Å². The largest absolute Gasteiger partial charge is 0.464 e. The highest BCUT2D eigenvalue weighted by atomic mass is 16.7. The van der Waals surface area contributed by atoms with Crippen molar-refractivity contribution in [1.82, 2.24) is 0 Å². The normalized spacial score (nSPS) is 26.3. The van der Waals surface area contributed by atoms with Crippen LogP contribution >= 0.6 is 0 Å². The third-order valence-electron chi connectivity index (χ3n) is 5.77. The lowest BCUT2D eigenvalue weighted by atomic mass is 9.66. The highest BCUT2D eigenvalue weighted by Gasteiger charge is 2.45. The number of methoxy groups -OCH3 is 1. The maximum atomic E-state index is 12.6. The van der Waals surface area contributed by atoms with Crippen molar-refractivity contribution in [2.45, 2.75) is 79.9 Å². The summed E-state index contributed by atoms with van der Waals surface area (Å²) < 4.78 is 22.1. The van der Waals surface area contributed by atoms with E-state index in [1.807, 2.05) is 13.0 Å². The third-order valence-corrected chi connectivity index (χ3v) is 5.77. The predicted molar refractivity (Wildman–Crippen MR) is 118 cm³/mol. The van der Waals surface area contributed by atoms with E-state index in [1.165, 1.54) is 7.11 Å². The number of ether oxygens (including phenoxy) is 4. The zero-order chi connectivity index (χ0) is 24.1. The van der Waals surface area contributed by atoms with Crippen LogP contribution in [0.4, 0.5) is 0 Å². The van der Waals surface area contributed by atoms with Crippen LogP contribution in [0.3, 0.4) is 0 Å². The summed E-state index contributed by atoms with van der Waals surface area (Å²) in [6.45, 7) is 14.9. The minimum Gasteiger partial charge on any atom is -0.464 e. The lowest BCUT2D eigenvalue weighted by Crippen LogP contribution is -2.47. The minimum atomic E-state index is -0.929. The lowest BCUT2D eigenvalue weighted by molar-refractivity contribution is -0.176. The summed E-state index contributed by atoms with van der Waals surface area (Å²) in [6, 6.07) is 0. The molecule has 0 bridgehead atoms. The van der Waals surface area contributed by atoms with E-state index in [2.05, 4.69) is 0 Å². The molecule has 4 atom stereocenters. The van der Waals surface area contributed by atoms with Gasteiger partial charge in [-0.15, -0.1) is 0 Å². The monoisotopic (exact) mass is 442 g/mol. The first-order valence-electron chi connectivity index (χ1n) is 10.9. The molecule has 1 rings (SSSR count). The van der Waals surface area contributed by atoms with Gasteiger partial charge in [-0.25, -0.2) is 0 Å². The Morgan fingerprint density at radius 3 is 2.06 bits per heavy atom. The molecule has 0 amide bonds. The molecule has 1 aliphatic rings. The summed E-state index contributed by atoms with van der Waals surface area (Å²) in [6.07, 6.45) is 4.15. The van der Waals surface area contributed by atoms with Crippen molar-refractivity contribution in [2.75, 3.05) is 27.1 Å². The number of carbonyl (C=O) groups excluding carboxylic acids is 2. The van der Waals surface area contributed by atoms with Crippen molar-refractivity contribution in [1.29, 1.82) is 0 Å². The van der Waals surface area contributed by atoms with Crippen LogP contribution in [-0.2, 0) is 28.5 Å². The van der Waals surface area contributed by atoms with E-state index in [0.29, 0.717) is 12.8 Å². The van der Waals surface area contributed by atoms with E-state index in [4.69, 9.17) is 18.9 Å². The molecule has 0 spiro atoms. The topological polar surface area (TPSA) is 91.3 Å². The molecule has 0 aromatic rings. The Bertz CT molecular complexity index is 639. The molecule has 7 nitrogen and oxygen atoms in total. The van der Waals surface area contributed by atoms with Crippen LogP contribution in [0.1, 0.15) is 68.2 Å². The van der Waals surface area contributed by atoms with Crippen LogP contribution in [0.15, 0.2) is 12.2 Å². The van der Waals surface area contributed by atoms with Gasteiger partial charge in [0.2, 0.25) is 0 Å². The van der Waals surface area contributed by atoms with Crippen molar-refractivity contribution >= 4 is 11.9 Å². The number of aliphatic hydroxyl groups is 1. The van der Waals surface area contributed by atoms with E-state index in [-0.39, 0.29) is 37.9 Å². The first-order valence-corrected chi connectivity index (χ1v) is 10.9. The lowest BCUT2D eigenvalue weighted by Gasteiger charge is -2.44. The van der Waals surface area contributed by atoms with Crippen LogP contribution < -0.4 is 0 Å². The van der Waals surface area contributed by atoms with E-state index in [0.717, 1.165) is 0 Å². The molecule has 0 aromatic carbocycles. The van der Waals surface area contributed by atoms with Crippen molar-refractivity contribution in [3.8, 4) is 0 Å². The van der Waals surface area contributed by atoms with Crippen LogP contribution in [0.2, 0.25) is 0 Å². The van der Waals surface area contributed by atoms with Crippen molar-refractivity contribution < 1.29 is 33.6 Å². The zero-order valence-corrected chi connectivity index (χ0v) is 20.7. The summed E-state index contributed by atoms with van der Waals surface area (Å²) in [4.78, 5) is 25.1. The van der Waals surface area contributed by atoms with E-state index in [1.54, 1.807) is 54.5 Å². The molecule has 0 heterocycles. The number of carbonyl (C=O) groups is 2. The van der Waals surface area contributed by atoms with Crippen molar-refractivity contribution in [2.24, 2.45) is 22.2 Å². The molecule has 0 radical (unpaired) electrons. The molecule has 0 fully saturated rings. The fourth-order valence-electron chi connectivity index (χ4n) is 3.26. The molecule has 1 aliphatic carbocycles. The molecule has 0 saturated heterocycles. The first kappa shape index (κ1) is 27.6. The summed E-state index contributed by atoms with van der Waals surface area (Å²) in [7, 11) is 1.53. The fraction of sp³-hybridized carbons (Fsp3) is 0.833. The average molecular weight is 443 g/mol. The van der Waals surface area contributed by atoms with Crippen LogP contribution in [0.5, 0.6) is 0 Å². The number of esters is 2. The van der Waals surface area contributed by atoms with Gasteiger partial charge in [-0.3, -0.25) is 9.59 Å². The minimum absolute atomic E-state index is 0.0762.